The first kappa shape index (κ1) is 13.9. The van der Waals surface area contributed by atoms with Gasteiger partial charge in [-0.1, -0.05) is 36.4 Å². The number of benzene rings is 2. The minimum absolute atomic E-state index is 0.366. The molecule has 0 saturated heterocycles. The van der Waals surface area contributed by atoms with Crippen molar-refractivity contribution < 1.29 is 4.21 Å². The molecule has 2 aromatic carbocycles. The van der Waals surface area contributed by atoms with Crippen LogP contribution in [0.25, 0.3) is 10.8 Å². The van der Waals surface area contributed by atoms with Crippen LogP contribution < -0.4 is 5.73 Å². The fourth-order valence-electron chi connectivity index (χ4n) is 2.32. The van der Waals surface area contributed by atoms with Crippen molar-refractivity contribution in [1.29, 1.82) is 0 Å². The number of aromatic nitrogens is 1. The van der Waals surface area contributed by atoms with Gasteiger partial charge in [-0.15, -0.1) is 0 Å². The minimum Gasteiger partial charge on any atom is -0.325 e. The summed E-state index contributed by atoms with van der Waals surface area (Å²) in [6.07, 6.45) is 1.71. The number of rotatable bonds is 4. The van der Waals surface area contributed by atoms with Crippen molar-refractivity contribution in [2.75, 3.05) is 0 Å². The van der Waals surface area contributed by atoms with Gasteiger partial charge in [0.25, 0.3) is 0 Å². The number of pyridine rings is 1. The third-order valence-electron chi connectivity index (χ3n) is 3.45. The highest BCUT2D eigenvalue weighted by Crippen LogP contribution is 2.20. The Hall–Kier alpha value is -2.04. The molecule has 3 aromatic rings. The molecule has 4 heteroatoms. The second-order valence-electron chi connectivity index (χ2n) is 4.81. The quantitative estimate of drug-likeness (QED) is 0.805. The minimum atomic E-state index is -1.10. The van der Waals surface area contributed by atoms with Gasteiger partial charge in [-0.25, -0.2) is 0 Å². The van der Waals surface area contributed by atoms with Crippen LogP contribution in [0.1, 0.15) is 11.3 Å². The van der Waals surface area contributed by atoms with Crippen LogP contribution in [-0.2, 0) is 23.1 Å². The van der Waals surface area contributed by atoms with Gasteiger partial charge in [-0.2, -0.15) is 0 Å². The summed E-state index contributed by atoms with van der Waals surface area (Å²) < 4.78 is 12.6. The van der Waals surface area contributed by atoms with Crippen LogP contribution in [0.3, 0.4) is 0 Å². The van der Waals surface area contributed by atoms with Crippen LogP contribution in [0.5, 0.6) is 0 Å². The summed E-state index contributed by atoms with van der Waals surface area (Å²) in [6, 6.07) is 17.8. The summed E-state index contributed by atoms with van der Waals surface area (Å²) >= 11 is 0. The molecule has 0 spiro atoms. The maximum atomic E-state index is 12.6. The molecule has 0 bridgehead atoms. The van der Waals surface area contributed by atoms with E-state index in [2.05, 4.69) is 11.1 Å². The average Bonchev–Trinajstić information content (AvgIpc) is 2.55. The van der Waals surface area contributed by atoms with E-state index < -0.39 is 10.8 Å². The zero-order valence-corrected chi connectivity index (χ0v) is 12.3. The lowest BCUT2D eigenvalue weighted by atomic mass is 10.1. The Morgan fingerprint density at radius 2 is 1.81 bits per heavy atom. The van der Waals surface area contributed by atoms with Crippen LogP contribution in [0, 0.1) is 0 Å². The van der Waals surface area contributed by atoms with E-state index in [1.54, 1.807) is 6.20 Å². The molecule has 0 aliphatic heterocycles. The van der Waals surface area contributed by atoms with E-state index in [0.717, 1.165) is 26.9 Å². The van der Waals surface area contributed by atoms with E-state index in [9.17, 15) is 4.21 Å². The zero-order chi connectivity index (χ0) is 14.7. The van der Waals surface area contributed by atoms with Crippen molar-refractivity contribution in [3.63, 3.8) is 0 Å². The van der Waals surface area contributed by atoms with Crippen LogP contribution >= 0.6 is 0 Å². The maximum Gasteiger partial charge on any atom is 0.0580 e. The fourth-order valence-corrected chi connectivity index (χ4v) is 3.51. The summed E-state index contributed by atoms with van der Waals surface area (Å²) in [6.45, 7) is 0.366. The second-order valence-corrected chi connectivity index (χ2v) is 6.26. The van der Waals surface area contributed by atoms with Crippen LogP contribution in [-0.4, -0.2) is 9.19 Å². The highest BCUT2D eigenvalue weighted by atomic mass is 32.2. The molecule has 2 N–H and O–H groups in total. The SMILES string of the molecule is NCc1ncccc1CS(=O)c1ccc2ccccc2c1. The number of nitrogens with two attached hydrogens (primary N) is 1. The van der Waals surface area contributed by atoms with Gasteiger partial charge in [0, 0.05) is 17.6 Å². The van der Waals surface area contributed by atoms with E-state index in [-0.39, 0.29) is 0 Å². The number of hydrogen-bond acceptors (Lipinski definition) is 3. The Kier molecular flexibility index (Phi) is 4.08. The number of fused-ring (bicyclic) bond motifs is 1. The summed E-state index contributed by atoms with van der Waals surface area (Å²) in [4.78, 5) is 5.07. The lowest BCUT2D eigenvalue weighted by molar-refractivity contribution is 0.682. The first-order valence-electron chi connectivity index (χ1n) is 6.78. The van der Waals surface area contributed by atoms with Gasteiger partial charge >= 0.3 is 0 Å². The highest BCUT2D eigenvalue weighted by molar-refractivity contribution is 7.84. The maximum absolute atomic E-state index is 12.6. The van der Waals surface area contributed by atoms with Crippen molar-refractivity contribution in [3.8, 4) is 0 Å². The van der Waals surface area contributed by atoms with Crippen molar-refractivity contribution in [3.05, 3.63) is 72.1 Å². The average molecular weight is 296 g/mol. The summed E-state index contributed by atoms with van der Waals surface area (Å²) in [5.74, 6) is 0.443. The monoisotopic (exact) mass is 296 g/mol. The first-order chi connectivity index (χ1) is 10.3. The summed E-state index contributed by atoms with van der Waals surface area (Å²) in [5, 5.41) is 2.26. The third kappa shape index (κ3) is 3.01. The summed E-state index contributed by atoms with van der Waals surface area (Å²) in [5.41, 5.74) is 7.44. The smallest absolute Gasteiger partial charge is 0.0580 e. The van der Waals surface area contributed by atoms with Gasteiger partial charge in [-0.05, 0) is 34.5 Å². The lowest BCUT2D eigenvalue weighted by Gasteiger charge is -2.07. The molecule has 0 amide bonds. The third-order valence-corrected chi connectivity index (χ3v) is 4.80. The molecule has 0 aliphatic carbocycles. The van der Waals surface area contributed by atoms with Crippen LogP contribution in [0.15, 0.2) is 65.7 Å². The van der Waals surface area contributed by atoms with E-state index in [4.69, 9.17) is 5.73 Å². The molecular formula is C17H16N2OS. The molecule has 0 saturated carbocycles. The van der Waals surface area contributed by atoms with E-state index in [1.807, 2.05) is 48.5 Å². The van der Waals surface area contributed by atoms with Crippen LogP contribution in [0.4, 0.5) is 0 Å². The predicted molar refractivity (Wildman–Crippen MR) is 86.2 cm³/mol. The van der Waals surface area contributed by atoms with Gasteiger partial charge in [0.2, 0.25) is 0 Å². The van der Waals surface area contributed by atoms with Crippen molar-refractivity contribution in [2.24, 2.45) is 5.73 Å². The molecule has 1 unspecified atom stereocenters. The molecule has 3 nitrogen and oxygen atoms in total. The molecule has 106 valence electrons. The Labute approximate surface area is 126 Å². The van der Waals surface area contributed by atoms with Gasteiger partial charge in [0.15, 0.2) is 0 Å². The Morgan fingerprint density at radius 1 is 1.00 bits per heavy atom. The Balaban J connectivity index is 1.90. The Morgan fingerprint density at radius 3 is 2.62 bits per heavy atom. The Bertz CT molecular complexity index is 801. The fraction of sp³-hybridized carbons (Fsp3) is 0.118. The summed E-state index contributed by atoms with van der Waals surface area (Å²) in [7, 11) is -1.10. The molecule has 1 aromatic heterocycles. The second kappa shape index (κ2) is 6.16. The van der Waals surface area contributed by atoms with Crippen molar-refractivity contribution in [2.45, 2.75) is 17.2 Å². The van der Waals surface area contributed by atoms with Gasteiger partial charge in [-0.3, -0.25) is 9.19 Å². The van der Waals surface area contributed by atoms with Crippen molar-refractivity contribution in [1.82, 2.24) is 4.98 Å². The van der Waals surface area contributed by atoms with E-state index >= 15 is 0 Å². The predicted octanol–water partition coefficient (Wildman–Crippen LogP) is 3.00. The topological polar surface area (TPSA) is 56.0 Å². The molecule has 1 atom stereocenters. The standard InChI is InChI=1S/C17H16N2OS/c18-11-17-15(6-3-9-19-17)12-21(20)16-8-7-13-4-1-2-5-14(13)10-16/h1-10H,11-12,18H2. The zero-order valence-electron chi connectivity index (χ0n) is 11.5. The van der Waals surface area contributed by atoms with Crippen molar-refractivity contribution >= 4 is 21.6 Å². The normalized spacial score (nSPS) is 12.4. The van der Waals surface area contributed by atoms with Gasteiger partial charge in [0.1, 0.15) is 0 Å². The molecule has 0 aliphatic rings. The first-order valence-corrected chi connectivity index (χ1v) is 8.10. The highest BCUT2D eigenvalue weighted by Gasteiger charge is 2.09. The number of hydrogen-bond donors (Lipinski definition) is 1. The molecule has 0 fully saturated rings. The van der Waals surface area contributed by atoms with Gasteiger partial charge < -0.3 is 5.73 Å². The lowest BCUT2D eigenvalue weighted by Crippen LogP contribution is -2.06. The van der Waals surface area contributed by atoms with E-state index in [0.29, 0.717) is 12.3 Å². The largest absolute Gasteiger partial charge is 0.325 e. The molecular weight excluding hydrogens is 280 g/mol. The van der Waals surface area contributed by atoms with Gasteiger partial charge in [0.05, 0.1) is 22.2 Å². The molecule has 3 rings (SSSR count). The molecule has 0 radical (unpaired) electrons. The number of nitrogens with zero attached hydrogens (tertiary/aromatic N) is 1. The molecule has 21 heavy (non-hydrogen) atoms. The van der Waals surface area contributed by atoms with Crippen LogP contribution in [0.2, 0.25) is 0 Å². The molecule has 1 heterocycles. The van der Waals surface area contributed by atoms with E-state index in [1.165, 1.54) is 0 Å².